The smallest absolute Gasteiger partial charge is 0.392 e. The van der Waals surface area contributed by atoms with Crippen LogP contribution in [0.15, 0.2) is 105 Å². The van der Waals surface area contributed by atoms with Gasteiger partial charge in [-0.15, -0.1) is 5.10 Å². The standard InChI is InChI=1S/C23H20N4O2/c28-23-27(26-22(29-23)16-18-10-4-1-5-11-18)17-21(19-12-6-2-7-13-19)25-24-20-14-8-3-9-15-20/h1-15,24H,16-17H2/b25-21+. The molecule has 4 rings (SSSR count). The van der Waals surface area contributed by atoms with Crippen molar-refractivity contribution in [3.8, 4) is 0 Å². The highest BCUT2D eigenvalue weighted by Gasteiger charge is 2.13. The quantitative estimate of drug-likeness (QED) is 0.387. The molecule has 0 fully saturated rings. The number of hydrogen-bond acceptors (Lipinski definition) is 5. The number of aromatic nitrogens is 2. The Kier molecular flexibility index (Phi) is 5.62. The van der Waals surface area contributed by atoms with Crippen molar-refractivity contribution in [1.82, 2.24) is 9.78 Å². The molecule has 29 heavy (non-hydrogen) atoms. The van der Waals surface area contributed by atoms with E-state index in [0.717, 1.165) is 16.8 Å². The average Bonchev–Trinajstić information content (AvgIpc) is 3.11. The first-order valence-electron chi connectivity index (χ1n) is 9.32. The number of para-hydroxylation sites is 1. The molecule has 0 radical (unpaired) electrons. The van der Waals surface area contributed by atoms with Crippen molar-refractivity contribution in [2.75, 3.05) is 5.43 Å². The van der Waals surface area contributed by atoms with Gasteiger partial charge in [0, 0.05) is 0 Å². The number of benzene rings is 3. The number of hydrazone groups is 1. The van der Waals surface area contributed by atoms with Crippen LogP contribution in [0.5, 0.6) is 0 Å². The fourth-order valence-corrected chi connectivity index (χ4v) is 2.90. The lowest BCUT2D eigenvalue weighted by Gasteiger charge is -2.07. The molecular weight excluding hydrogens is 364 g/mol. The van der Waals surface area contributed by atoms with E-state index in [1.54, 1.807) is 0 Å². The summed E-state index contributed by atoms with van der Waals surface area (Å²) >= 11 is 0. The van der Waals surface area contributed by atoms with Crippen molar-refractivity contribution in [2.24, 2.45) is 5.10 Å². The molecule has 6 heteroatoms. The van der Waals surface area contributed by atoms with Crippen LogP contribution < -0.4 is 11.2 Å². The van der Waals surface area contributed by atoms with Gasteiger partial charge in [-0.2, -0.15) is 9.78 Å². The summed E-state index contributed by atoms with van der Waals surface area (Å²) in [6.45, 7) is 0.195. The highest BCUT2D eigenvalue weighted by atomic mass is 16.4. The molecule has 1 heterocycles. The molecule has 0 spiro atoms. The van der Waals surface area contributed by atoms with Gasteiger partial charge in [0.05, 0.1) is 24.4 Å². The van der Waals surface area contributed by atoms with E-state index in [-0.39, 0.29) is 6.54 Å². The maximum absolute atomic E-state index is 12.3. The zero-order valence-corrected chi connectivity index (χ0v) is 15.7. The number of nitrogens with zero attached hydrogens (tertiary/aromatic N) is 3. The van der Waals surface area contributed by atoms with E-state index >= 15 is 0 Å². The Morgan fingerprint density at radius 1 is 0.897 bits per heavy atom. The maximum Gasteiger partial charge on any atom is 0.437 e. The van der Waals surface area contributed by atoms with Crippen LogP contribution in [0.2, 0.25) is 0 Å². The normalized spacial score (nSPS) is 11.4. The molecule has 0 unspecified atom stereocenters. The average molecular weight is 384 g/mol. The Labute approximate surface area is 168 Å². The summed E-state index contributed by atoms with van der Waals surface area (Å²) in [4.78, 5) is 12.3. The molecule has 0 amide bonds. The van der Waals surface area contributed by atoms with Gasteiger partial charge in [0.1, 0.15) is 0 Å². The second-order valence-electron chi connectivity index (χ2n) is 6.48. The van der Waals surface area contributed by atoms with Crippen molar-refractivity contribution in [2.45, 2.75) is 13.0 Å². The Balaban J connectivity index is 1.58. The van der Waals surface area contributed by atoms with Gasteiger partial charge in [-0.05, 0) is 23.3 Å². The molecular formula is C23H20N4O2. The fraction of sp³-hybridized carbons (Fsp3) is 0.0870. The Morgan fingerprint density at radius 2 is 1.52 bits per heavy atom. The van der Waals surface area contributed by atoms with Crippen LogP contribution in [0.25, 0.3) is 0 Å². The number of hydrogen-bond donors (Lipinski definition) is 1. The molecule has 1 N–H and O–H groups in total. The molecule has 0 atom stereocenters. The molecule has 4 aromatic rings. The van der Waals surface area contributed by atoms with E-state index in [1.807, 2.05) is 91.0 Å². The van der Waals surface area contributed by atoms with Gasteiger partial charge in [0.2, 0.25) is 5.89 Å². The Morgan fingerprint density at radius 3 is 2.21 bits per heavy atom. The van der Waals surface area contributed by atoms with E-state index in [9.17, 15) is 4.79 Å². The van der Waals surface area contributed by atoms with Crippen LogP contribution in [0, 0.1) is 0 Å². The fourth-order valence-electron chi connectivity index (χ4n) is 2.90. The lowest BCUT2D eigenvalue weighted by molar-refractivity contribution is 0.459. The van der Waals surface area contributed by atoms with Gasteiger partial charge in [0.15, 0.2) is 0 Å². The van der Waals surface area contributed by atoms with E-state index in [2.05, 4.69) is 15.6 Å². The predicted molar refractivity (Wildman–Crippen MR) is 113 cm³/mol. The molecule has 0 aliphatic rings. The summed E-state index contributed by atoms with van der Waals surface area (Å²) in [5.41, 5.74) is 6.51. The van der Waals surface area contributed by atoms with Crippen molar-refractivity contribution in [3.05, 3.63) is 119 Å². The minimum absolute atomic E-state index is 0.195. The second kappa shape index (κ2) is 8.84. The molecule has 3 aromatic carbocycles. The molecule has 1 aromatic heterocycles. The van der Waals surface area contributed by atoms with Crippen molar-refractivity contribution < 1.29 is 4.42 Å². The lowest BCUT2D eigenvalue weighted by Crippen LogP contribution is -2.23. The van der Waals surface area contributed by atoms with Crippen LogP contribution in [0.3, 0.4) is 0 Å². The number of nitrogens with one attached hydrogen (secondary N) is 1. The molecule has 0 aliphatic carbocycles. The van der Waals surface area contributed by atoms with Gasteiger partial charge in [-0.1, -0.05) is 78.9 Å². The third-order valence-electron chi connectivity index (χ3n) is 4.35. The predicted octanol–water partition coefficient (Wildman–Crippen LogP) is 3.94. The second-order valence-corrected chi connectivity index (χ2v) is 6.48. The van der Waals surface area contributed by atoms with Gasteiger partial charge in [-0.25, -0.2) is 4.79 Å². The maximum atomic E-state index is 12.3. The topological polar surface area (TPSA) is 72.4 Å². The Bertz CT molecular complexity index is 1130. The molecule has 0 saturated carbocycles. The van der Waals surface area contributed by atoms with E-state index in [1.165, 1.54) is 4.68 Å². The third kappa shape index (κ3) is 4.87. The summed E-state index contributed by atoms with van der Waals surface area (Å²) < 4.78 is 6.64. The Hall–Kier alpha value is -3.93. The number of rotatable bonds is 7. The largest absolute Gasteiger partial charge is 0.437 e. The zero-order valence-electron chi connectivity index (χ0n) is 15.7. The van der Waals surface area contributed by atoms with Crippen LogP contribution in [0.4, 0.5) is 5.69 Å². The van der Waals surface area contributed by atoms with Gasteiger partial charge < -0.3 is 4.42 Å². The highest BCUT2D eigenvalue weighted by Crippen LogP contribution is 2.09. The summed E-state index contributed by atoms with van der Waals surface area (Å²) in [5, 5.41) is 8.87. The number of anilines is 1. The third-order valence-corrected chi connectivity index (χ3v) is 4.35. The molecule has 0 saturated heterocycles. The summed E-state index contributed by atoms with van der Waals surface area (Å²) in [5.74, 6) is -0.121. The van der Waals surface area contributed by atoms with Crippen molar-refractivity contribution >= 4 is 11.4 Å². The first kappa shape index (κ1) is 18.4. The first-order valence-corrected chi connectivity index (χ1v) is 9.32. The monoisotopic (exact) mass is 384 g/mol. The van der Waals surface area contributed by atoms with Gasteiger partial charge in [0.25, 0.3) is 0 Å². The lowest BCUT2D eigenvalue weighted by atomic mass is 10.1. The summed E-state index contributed by atoms with van der Waals surface area (Å²) in [6, 6.07) is 29.1. The van der Waals surface area contributed by atoms with Gasteiger partial charge >= 0.3 is 5.76 Å². The molecule has 0 bridgehead atoms. The zero-order chi connectivity index (χ0) is 19.9. The first-order chi connectivity index (χ1) is 14.3. The van der Waals surface area contributed by atoms with Crippen molar-refractivity contribution in [3.63, 3.8) is 0 Å². The SMILES string of the molecule is O=c1oc(Cc2ccccc2)nn1C/C(=N\Nc1ccccc1)c1ccccc1. The van der Waals surface area contributed by atoms with Crippen LogP contribution in [-0.2, 0) is 13.0 Å². The van der Waals surface area contributed by atoms with Crippen LogP contribution in [-0.4, -0.2) is 15.5 Å². The summed E-state index contributed by atoms with van der Waals surface area (Å²) in [7, 11) is 0. The highest BCUT2D eigenvalue weighted by molar-refractivity contribution is 6.00. The summed E-state index contributed by atoms with van der Waals surface area (Å²) in [6.07, 6.45) is 0.461. The van der Waals surface area contributed by atoms with Crippen molar-refractivity contribution in [1.29, 1.82) is 0 Å². The minimum Gasteiger partial charge on any atom is -0.392 e. The molecule has 144 valence electrons. The van der Waals surface area contributed by atoms with E-state index in [4.69, 9.17) is 4.42 Å². The van der Waals surface area contributed by atoms with Crippen LogP contribution in [0.1, 0.15) is 17.0 Å². The van der Waals surface area contributed by atoms with E-state index in [0.29, 0.717) is 18.0 Å². The van der Waals surface area contributed by atoms with Crippen LogP contribution >= 0.6 is 0 Å². The van der Waals surface area contributed by atoms with Gasteiger partial charge in [-0.3, -0.25) is 5.43 Å². The molecule has 6 nitrogen and oxygen atoms in total. The minimum atomic E-state index is -0.501. The molecule has 0 aliphatic heterocycles. The van der Waals surface area contributed by atoms with E-state index < -0.39 is 5.76 Å².